The molecule has 2 aromatic carbocycles. The first-order valence-corrected chi connectivity index (χ1v) is 7.39. The van der Waals surface area contributed by atoms with Gasteiger partial charge in [-0.05, 0) is 49.7 Å². The molecule has 0 unspecified atom stereocenters. The second-order valence-electron chi connectivity index (χ2n) is 5.05. The Morgan fingerprint density at radius 3 is 2.57 bits per heavy atom. The van der Waals surface area contributed by atoms with Crippen molar-refractivity contribution < 1.29 is 14.3 Å². The molecule has 6 heteroatoms. The Labute approximate surface area is 139 Å². The highest BCUT2D eigenvalue weighted by molar-refractivity contribution is 6.30. The topological polar surface area (TPSA) is 81.4 Å². The minimum atomic E-state index is -0.731. The van der Waals surface area contributed by atoms with Gasteiger partial charge in [-0.15, -0.1) is 0 Å². The smallest absolute Gasteiger partial charge is 0.265 e. The highest BCUT2D eigenvalue weighted by atomic mass is 35.5. The number of nitrogens with one attached hydrogen (secondary N) is 1. The van der Waals surface area contributed by atoms with Crippen molar-refractivity contribution in [2.45, 2.75) is 20.0 Å². The van der Waals surface area contributed by atoms with Crippen molar-refractivity contribution in [3.05, 3.63) is 58.6 Å². The number of amides is 2. The predicted octanol–water partition coefficient (Wildman–Crippen LogP) is 3.15. The molecule has 2 amide bonds. The number of nitrogens with two attached hydrogens (primary N) is 1. The van der Waals surface area contributed by atoms with Crippen molar-refractivity contribution in [2.24, 2.45) is 5.73 Å². The Morgan fingerprint density at radius 2 is 1.91 bits per heavy atom. The normalized spacial score (nSPS) is 11.6. The summed E-state index contributed by atoms with van der Waals surface area (Å²) in [7, 11) is 0. The molecular formula is C17H17ClN2O3. The van der Waals surface area contributed by atoms with E-state index in [1.165, 1.54) is 0 Å². The lowest BCUT2D eigenvalue weighted by atomic mass is 10.1. The standard InChI is InChI=1S/C17H17ClN2O3/c1-10-14(16(19)21)7-4-8-15(10)20-17(22)11(2)23-13-6-3-5-12(18)9-13/h3-9,11H,1-2H3,(H2,19,21)(H,20,22)/t11-/m1/s1. The first-order valence-electron chi connectivity index (χ1n) is 7.01. The van der Waals surface area contributed by atoms with Crippen LogP contribution in [0.5, 0.6) is 5.75 Å². The zero-order valence-electron chi connectivity index (χ0n) is 12.8. The molecule has 5 nitrogen and oxygen atoms in total. The third-order valence-corrected chi connectivity index (χ3v) is 3.57. The van der Waals surface area contributed by atoms with E-state index in [4.69, 9.17) is 22.1 Å². The van der Waals surface area contributed by atoms with Crippen LogP contribution in [0.15, 0.2) is 42.5 Å². The van der Waals surface area contributed by atoms with Crippen LogP contribution in [0.1, 0.15) is 22.8 Å². The maximum Gasteiger partial charge on any atom is 0.265 e. The van der Waals surface area contributed by atoms with E-state index in [9.17, 15) is 9.59 Å². The molecular weight excluding hydrogens is 316 g/mol. The maximum absolute atomic E-state index is 12.2. The van der Waals surface area contributed by atoms with E-state index in [0.29, 0.717) is 27.6 Å². The molecule has 0 aliphatic carbocycles. The first-order chi connectivity index (χ1) is 10.9. The molecule has 1 atom stereocenters. The zero-order valence-corrected chi connectivity index (χ0v) is 13.6. The molecule has 0 aliphatic rings. The van der Waals surface area contributed by atoms with E-state index in [1.807, 2.05) is 0 Å². The molecule has 0 fully saturated rings. The molecule has 2 aromatic rings. The molecule has 0 aliphatic heterocycles. The SMILES string of the molecule is Cc1c(NC(=O)[C@@H](C)Oc2cccc(Cl)c2)cccc1C(N)=O. The van der Waals surface area contributed by atoms with Gasteiger partial charge < -0.3 is 15.8 Å². The second kappa shape index (κ2) is 7.15. The largest absolute Gasteiger partial charge is 0.481 e. The number of halogens is 1. The lowest BCUT2D eigenvalue weighted by Gasteiger charge is -2.16. The molecule has 0 bridgehead atoms. The molecule has 0 saturated carbocycles. The fourth-order valence-corrected chi connectivity index (χ4v) is 2.25. The Hall–Kier alpha value is -2.53. The number of carbonyl (C=O) groups is 2. The van der Waals surface area contributed by atoms with E-state index in [2.05, 4.69) is 5.32 Å². The van der Waals surface area contributed by atoms with Crippen molar-refractivity contribution in [1.29, 1.82) is 0 Å². The van der Waals surface area contributed by atoms with Crippen molar-refractivity contribution in [3.63, 3.8) is 0 Å². The van der Waals surface area contributed by atoms with Crippen LogP contribution in [-0.4, -0.2) is 17.9 Å². The second-order valence-corrected chi connectivity index (χ2v) is 5.49. The van der Waals surface area contributed by atoms with Crippen LogP contribution in [0.4, 0.5) is 5.69 Å². The molecule has 0 spiro atoms. The van der Waals surface area contributed by atoms with Gasteiger partial charge >= 0.3 is 0 Å². The van der Waals surface area contributed by atoms with E-state index in [1.54, 1.807) is 56.3 Å². The Bertz CT molecular complexity index is 746. The van der Waals surface area contributed by atoms with Crippen LogP contribution in [0.3, 0.4) is 0 Å². The molecule has 0 saturated heterocycles. The minimum Gasteiger partial charge on any atom is -0.481 e. The molecule has 3 N–H and O–H groups in total. The van der Waals surface area contributed by atoms with Crippen LogP contribution in [0.25, 0.3) is 0 Å². The van der Waals surface area contributed by atoms with Crippen molar-refractivity contribution >= 4 is 29.1 Å². The summed E-state index contributed by atoms with van der Waals surface area (Å²) in [6, 6.07) is 11.8. The first kappa shape index (κ1) is 16.8. The Morgan fingerprint density at radius 1 is 1.22 bits per heavy atom. The van der Waals surface area contributed by atoms with Crippen LogP contribution < -0.4 is 15.8 Å². The lowest BCUT2D eigenvalue weighted by molar-refractivity contribution is -0.122. The highest BCUT2D eigenvalue weighted by Gasteiger charge is 2.17. The molecule has 23 heavy (non-hydrogen) atoms. The van der Waals surface area contributed by atoms with Gasteiger partial charge in [0.2, 0.25) is 5.91 Å². The number of primary amides is 1. The van der Waals surface area contributed by atoms with Gasteiger partial charge in [-0.3, -0.25) is 9.59 Å². The third-order valence-electron chi connectivity index (χ3n) is 3.34. The summed E-state index contributed by atoms with van der Waals surface area (Å²) in [5, 5.41) is 3.26. The number of hydrogen-bond acceptors (Lipinski definition) is 3. The van der Waals surface area contributed by atoms with E-state index in [-0.39, 0.29) is 5.91 Å². The summed E-state index contributed by atoms with van der Waals surface area (Å²) in [6.07, 6.45) is -0.731. The van der Waals surface area contributed by atoms with Gasteiger partial charge in [0.05, 0.1) is 0 Å². The van der Waals surface area contributed by atoms with Crippen LogP contribution in [0, 0.1) is 6.92 Å². The zero-order chi connectivity index (χ0) is 17.0. The maximum atomic E-state index is 12.2. The number of hydrogen-bond donors (Lipinski definition) is 2. The summed E-state index contributed by atoms with van der Waals surface area (Å²) in [4.78, 5) is 23.6. The van der Waals surface area contributed by atoms with Crippen molar-refractivity contribution in [2.75, 3.05) is 5.32 Å². The number of carbonyl (C=O) groups excluding carboxylic acids is 2. The summed E-state index contributed by atoms with van der Waals surface area (Å²) < 4.78 is 5.56. The number of rotatable bonds is 5. The average molecular weight is 333 g/mol. The quantitative estimate of drug-likeness (QED) is 0.882. The van der Waals surface area contributed by atoms with Gasteiger partial charge in [0.1, 0.15) is 5.75 Å². The molecule has 0 radical (unpaired) electrons. The van der Waals surface area contributed by atoms with Crippen LogP contribution in [-0.2, 0) is 4.79 Å². The number of ether oxygens (including phenoxy) is 1. The predicted molar refractivity (Wildman–Crippen MR) is 89.9 cm³/mol. The van der Waals surface area contributed by atoms with E-state index >= 15 is 0 Å². The summed E-state index contributed by atoms with van der Waals surface area (Å²) in [6.45, 7) is 3.35. The van der Waals surface area contributed by atoms with Gasteiger partial charge in [0.25, 0.3) is 5.91 Å². The lowest BCUT2D eigenvalue weighted by Crippen LogP contribution is -2.30. The van der Waals surface area contributed by atoms with Gasteiger partial charge in [-0.2, -0.15) is 0 Å². The van der Waals surface area contributed by atoms with Gasteiger partial charge in [0, 0.05) is 16.3 Å². The number of anilines is 1. The van der Waals surface area contributed by atoms with Gasteiger partial charge in [0.15, 0.2) is 6.10 Å². The van der Waals surface area contributed by atoms with Crippen molar-refractivity contribution in [1.82, 2.24) is 0 Å². The van der Waals surface area contributed by atoms with Crippen LogP contribution in [0.2, 0.25) is 5.02 Å². The minimum absolute atomic E-state index is 0.338. The molecule has 120 valence electrons. The Balaban J connectivity index is 2.10. The van der Waals surface area contributed by atoms with Gasteiger partial charge in [-0.25, -0.2) is 0 Å². The molecule has 0 heterocycles. The number of benzene rings is 2. The monoisotopic (exact) mass is 332 g/mol. The fourth-order valence-electron chi connectivity index (χ4n) is 2.07. The molecule has 0 aromatic heterocycles. The van der Waals surface area contributed by atoms with Crippen LogP contribution >= 0.6 is 11.6 Å². The summed E-state index contributed by atoms with van der Waals surface area (Å²) >= 11 is 5.88. The fraction of sp³-hybridized carbons (Fsp3) is 0.176. The molecule has 2 rings (SSSR count). The summed E-state index contributed by atoms with van der Waals surface area (Å²) in [5.74, 6) is -0.376. The Kier molecular flexibility index (Phi) is 5.24. The third kappa shape index (κ3) is 4.23. The summed E-state index contributed by atoms with van der Waals surface area (Å²) in [5.41, 5.74) is 6.80. The average Bonchev–Trinajstić information content (AvgIpc) is 2.49. The highest BCUT2D eigenvalue weighted by Crippen LogP contribution is 2.21. The van der Waals surface area contributed by atoms with Gasteiger partial charge in [-0.1, -0.05) is 23.7 Å². The van der Waals surface area contributed by atoms with E-state index in [0.717, 1.165) is 0 Å². The van der Waals surface area contributed by atoms with E-state index < -0.39 is 12.0 Å². The van der Waals surface area contributed by atoms with Crippen molar-refractivity contribution in [3.8, 4) is 5.75 Å².